The molecule has 0 bridgehead atoms. The fraction of sp³-hybridized carbons (Fsp3) is 1.00. The first-order chi connectivity index (χ1) is 4.95. The van der Waals surface area contributed by atoms with Gasteiger partial charge in [0.05, 0.1) is 0 Å². The Balaban J connectivity index is 4.00. The Kier molecular flexibility index (Phi) is 4.82. The Morgan fingerprint density at radius 3 is 1.73 bits per heavy atom. The van der Waals surface area contributed by atoms with Crippen LogP contribution in [0.5, 0.6) is 0 Å². The molecule has 4 heteroatoms. The van der Waals surface area contributed by atoms with Crippen molar-refractivity contribution in [1.29, 1.82) is 0 Å². The van der Waals surface area contributed by atoms with E-state index in [1.165, 1.54) is 0 Å². The Bertz CT molecular complexity index is 128. The summed E-state index contributed by atoms with van der Waals surface area (Å²) in [5.74, 6) is 0. The molecular weight excluding hydrogens is 161 g/mol. The van der Waals surface area contributed by atoms with Gasteiger partial charge in [0.2, 0.25) is 0 Å². The highest BCUT2D eigenvalue weighted by Gasteiger charge is 2.18. The van der Waals surface area contributed by atoms with Gasteiger partial charge in [-0.2, -0.15) is 0 Å². The van der Waals surface area contributed by atoms with Gasteiger partial charge in [-0.3, -0.25) is 4.90 Å². The smallest absolute Gasteiger partial charge is 0.324 e. The van der Waals surface area contributed by atoms with E-state index in [2.05, 4.69) is 0 Å². The van der Waals surface area contributed by atoms with Gasteiger partial charge in [0.15, 0.2) is 6.29 Å². The minimum Gasteiger partial charge on any atom is -0.594 e. The fourth-order valence-electron chi connectivity index (χ4n) is 1.06. The molecule has 3 nitrogen and oxygen atoms in total. The second kappa shape index (κ2) is 4.81. The molecule has 0 amide bonds. The molecule has 11 heavy (non-hydrogen) atoms. The summed E-state index contributed by atoms with van der Waals surface area (Å²) in [6.45, 7) is 8.00. The van der Waals surface area contributed by atoms with Crippen molar-refractivity contribution >= 4 is 8.03 Å². The van der Waals surface area contributed by atoms with Crippen molar-refractivity contribution in [3.63, 3.8) is 0 Å². The summed E-state index contributed by atoms with van der Waals surface area (Å²) in [4.78, 5) is 12.4. The predicted molar refractivity (Wildman–Crippen MR) is 44.6 cm³/mol. The maximum absolute atomic E-state index is 10.4. The van der Waals surface area contributed by atoms with Gasteiger partial charge in [0.25, 0.3) is 0 Å². The van der Waals surface area contributed by atoms with Crippen LogP contribution in [0, 0.1) is 0 Å². The number of hydrogen-bond acceptors (Lipinski definition) is 3. The number of rotatable bonds is 4. The molecule has 0 aliphatic heterocycles. The van der Waals surface area contributed by atoms with Crippen molar-refractivity contribution < 1.29 is 9.46 Å². The SMILES string of the molecule is CC(C)N(C[P+](=O)[O-])C(C)C. The van der Waals surface area contributed by atoms with Crippen LogP contribution in [-0.4, -0.2) is 23.3 Å². The summed E-state index contributed by atoms with van der Waals surface area (Å²) in [7, 11) is -2.28. The highest BCUT2D eigenvalue weighted by atomic mass is 31.1. The first-order valence-corrected chi connectivity index (χ1v) is 5.19. The maximum atomic E-state index is 10.4. The lowest BCUT2D eigenvalue weighted by atomic mass is 10.2. The standard InChI is InChI=1S/C7H16NO2P/c1-6(2)8(7(3)4)5-11(9)10/h6-7H,5H2,1-4H3. The Labute approximate surface area is 69.3 Å². The van der Waals surface area contributed by atoms with Crippen LogP contribution in [-0.2, 0) is 4.57 Å². The van der Waals surface area contributed by atoms with Gasteiger partial charge in [0.1, 0.15) is 0 Å². The second-order valence-electron chi connectivity index (χ2n) is 3.18. The van der Waals surface area contributed by atoms with Gasteiger partial charge in [-0.25, -0.2) is 0 Å². The minimum absolute atomic E-state index is 0.171. The second-order valence-corrected chi connectivity index (χ2v) is 4.12. The normalized spacial score (nSPS) is 13.3. The molecule has 0 heterocycles. The largest absolute Gasteiger partial charge is 0.594 e. The van der Waals surface area contributed by atoms with Crippen molar-refractivity contribution in [1.82, 2.24) is 4.90 Å². The average molecular weight is 177 g/mol. The van der Waals surface area contributed by atoms with Crippen LogP contribution in [0.15, 0.2) is 0 Å². The van der Waals surface area contributed by atoms with E-state index >= 15 is 0 Å². The van der Waals surface area contributed by atoms with Crippen molar-refractivity contribution in [2.45, 2.75) is 39.8 Å². The van der Waals surface area contributed by atoms with E-state index in [0.717, 1.165) is 0 Å². The minimum atomic E-state index is -2.28. The third-order valence-electron chi connectivity index (χ3n) is 1.61. The third kappa shape index (κ3) is 4.46. The van der Waals surface area contributed by atoms with Crippen LogP contribution in [0.3, 0.4) is 0 Å². The molecule has 1 unspecified atom stereocenters. The maximum Gasteiger partial charge on any atom is 0.324 e. The Morgan fingerprint density at radius 2 is 1.64 bits per heavy atom. The summed E-state index contributed by atoms with van der Waals surface area (Å²) in [5.41, 5.74) is 0. The quantitative estimate of drug-likeness (QED) is 0.605. The first kappa shape index (κ1) is 11.0. The van der Waals surface area contributed by atoms with Gasteiger partial charge in [0, 0.05) is 12.1 Å². The fourth-order valence-corrected chi connectivity index (χ4v) is 1.98. The lowest BCUT2D eigenvalue weighted by molar-refractivity contribution is -0.166. The molecule has 0 N–H and O–H groups in total. The van der Waals surface area contributed by atoms with E-state index < -0.39 is 8.03 Å². The lowest BCUT2D eigenvalue weighted by Gasteiger charge is -2.26. The van der Waals surface area contributed by atoms with E-state index in [-0.39, 0.29) is 6.29 Å². The molecule has 0 aliphatic carbocycles. The lowest BCUT2D eigenvalue weighted by Crippen LogP contribution is -2.37. The summed E-state index contributed by atoms with van der Waals surface area (Å²) in [6, 6.07) is 0.589. The average Bonchev–Trinajstić information content (AvgIpc) is 1.81. The summed E-state index contributed by atoms with van der Waals surface area (Å²) < 4.78 is 10.4. The molecule has 0 aromatic carbocycles. The number of nitrogens with zero attached hydrogens (tertiary/aromatic N) is 1. The molecule has 0 radical (unpaired) electrons. The van der Waals surface area contributed by atoms with E-state index in [1.807, 2.05) is 32.6 Å². The highest BCUT2D eigenvalue weighted by Crippen LogP contribution is 2.15. The molecule has 1 atom stereocenters. The van der Waals surface area contributed by atoms with Crippen LogP contribution in [0.25, 0.3) is 0 Å². The van der Waals surface area contributed by atoms with Crippen molar-refractivity contribution in [2.75, 3.05) is 6.29 Å². The molecule has 0 aliphatic rings. The zero-order valence-corrected chi connectivity index (χ0v) is 8.47. The Morgan fingerprint density at radius 1 is 1.27 bits per heavy atom. The van der Waals surface area contributed by atoms with Gasteiger partial charge < -0.3 is 4.89 Å². The van der Waals surface area contributed by atoms with Gasteiger partial charge in [-0.05, 0) is 27.7 Å². The van der Waals surface area contributed by atoms with Gasteiger partial charge in [-0.15, -0.1) is 0 Å². The van der Waals surface area contributed by atoms with Crippen molar-refractivity contribution in [2.24, 2.45) is 0 Å². The van der Waals surface area contributed by atoms with Crippen molar-refractivity contribution in [3.8, 4) is 0 Å². The third-order valence-corrected chi connectivity index (χ3v) is 2.16. The Hall–Kier alpha value is 0.0200. The van der Waals surface area contributed by atoms with Crippen LogP contribution in [0.1, 0.15) is 27.7 Å². The number of hydrogen-bond donors (Lipinski definition) is 0. The van der Waals surface area contributed by atoms with Crippen LogP contribution >= 0.6 is 8.03 Å². The molecule has 0 spiro atoms. The monoisotopic (exact) mass is 177 g/mol. The van der Waals surface area contributed by atoms with E-state index in [0.29, 0.717) is 12.1 Å². The molecule has 0 fully saturated rings. The molecule has 0 rings (SSSR count). The molecule has 66 valence electrons. The van der Waals surface area contributed by atoms with Gasteiger partial charge >= 0.3 is 8.03 Å². The molecular formula is C7H16NO2P. The summed E-state index contributed by atoms with van der Waals surface area (Å²) in [6.07, 6.45) is 0.171. The molecule has 0 aromatic heterocycles. The van der Waals surface area contributed by atoms with E-state index in [1.54, 1.807) is 0 Å². The first-order valence-electron chi connectivity index (χ1n) is 3.82. The predicted octanol–water partition coefficient (Wildman–Crippen LogP) is 1.17. The summed E-state index contributed by atoms with van der Waals surface area (Å²) >= 11 is 0. The topological polar surface area (TPSA) is 43.4 Å². The van der Waals surface area contributed by atoms with E-state index in [4.69, 9.17) is 0 Å². The zero-order valence-electron chi connectivity index (χ0n) is 7.57. The van der Waals surface area contributed by atoms with Gasteiger partial charge in [-0.1, -0.05) is 4.57 Å². The van der Waals surface area contributed by atoms with Crippen LogP contribution in [0.4, 0.5) is 0 Å². The molecule has 0 saturated heterocycles. The van der Waals surface area contributed by atoms with Crippen LogP contribution < -0.4 is 4.89 Å². The zero-order chi connectivity index (χ0) is 9.02. The van der Waals surface area contributed by atoms with Crippen molar-refractivity contribution in [3.05, 3.63) is 0 Å². The molecule has 0 saturated carbocycles. The summed E-state index contributed by atoms with van der Waals surface area (Å²) in [5, 5.41) is 0. The molecule has 0 aromatic rings. The highest BCUT2D eigenvalue weighted by molar-refractivity contribution is 7.36. The van der Waals surface area contributed by atoms with Crippen LogP contribution in [0.2, 0.25) is 0 Å². The van der Waals surface area contributed by atoms with E-state index in [9.17, 15) is 9.46 Å².